The van der Waals surface area contributed by atoms with Crippen LogP contribution >= 0.6 is 0 Å². The Hall–Kier alpha value is -2.29. The summed E-state index contributed by atoms with van der Waals surface area (Å²) in [6.07, 6.45) is 0. The van der Waals surface area contributed by atoms with E-state index < -0.39 is 0 Å². The van der Waals surface area contributed by atoms with Crippen LogP contribution in [0.15, 0.2) is 48.5 Å². The molecular weight excluding hydrogens is 238 g/mol. The number of amides is 1. The molecule has 2 aromatic rings. The Labute approximate surface area is 113 Å². The van der Waals surface area contributed by atoms with E-state index in [2.05, 4.69) is 5.32 Å². The van der Waals surface area contributed by atoms with E-state index in [0.717, 1.165) is 17.0 Å². The minimum absolute atomic E-state index is 0.0127. The zero-order chi connectivity index (χ0) is 13.7. The van der Waals surface area contributed by atoms with Crippen LogP contribution < -0.4 is 10.1 Å². The Morgan fingerprint density at radius 2 is 1.84 bits per heavy atom. The van der Waals surface area contributed by atoms with Crippen molar-refractivity contribution in [3.8, 4) is 5.75 Å². The number of nitrogens with one attached hydrogen (secondary N) is 1. The molecule has 0 bridgehead atoms. The highest BCUT2D eigenvalue weighted by Crippen LogP contribution is 2.18. The van der Waals surface area contributed by atoms with E-state index in [1.54, 1.807) is 0 Å². The highest BCUT2D eigenvalue weighted by atomic mass is 16.5. The number of anilines is 1. The summed E-state index contributed by atoms with van der Waals surface area (Å²) in [4.78, 5) is 11.7. The van der Waals surface area contributed by atoms with Gasteiger partial charge >= 0.3 is 0 Å². The normalized spacial score (nSPS) is 10.0. The summed E-state index contributed by atoms with van der Waals surface area (Å²) in [5.74, 6) is 0.583. The third-order valence-electron chi connectivity index (χ3n) is 2.75. The van der Waals surface area contributed by atoms with Gasteiger partial charge in [-0.2, -0.15) is 0 Å². The van der Waals surface area contributed by atoms with Crippen molar-refractivity contribution in [1.82, 2.24) is 0 Å². The van der Waals surface area contributed by atoms with E-state index in [4.69, 9.17) is 4.74 Å². The second-order valence-corrected chi connectivity index (χ2v) is 4.47. The fraction of sp³-hybridized carbons (Fsp3) is 0.188. The SMILES string of the molecule is Cc1ccc(OCC(=O)Nc2ccccc2)c(C)c1. The van der Waals surface area contributed by atoms with E-state index in [1.807, 2.05) is 62.4 Å². The number of para-hydroxylation sites is 1. The molecule has 0 aliphatic rings. The average molecular weight is 255 g/mol. The van der Waals surface area contributed by atoms with Crippen molar-refractivity contribution in [2.24, 2.45) is 0 Å². The first-order valence-electron chi connectivity index (χ1n) is 6.20. The van der Waals surface area contributed by atoms with Gasteiger partial charge in [0.1, 0.15) is 5.75 Å². The Morgan fingerprint density at radius 1 is 1.11 bits per heavy atom. The van der Waals surface area contributed by atoms with Crippen LogP contribution in [0.3, 0.4) is 0 Å². The fourth-order valence-corrected chi connectivity index (χ4v) is 1.82. The molecule has 3 heteroatoms. The number of carbonyl (C=O) groups is 1. The van der Waals surface area contributed by atoms with Gasteiger partial charge in [-0.1, -0.05) is 35.9 Å². The summed E-state index contributed by atoms with van der Waals surface area (Å²) in [5.41, 5.74) is 2.99. The maximum atomic E-state index is 11.7. The van der Waals surface area contributed by atoms with Crippen molar-refractivity contribution in [3.63, 3.8) is 0 Å². The van der Waals surface area contributed by atoms with E-state index in [-0.39, 0.29) is 12.5 Å². The van der Waals surface area contributed by atoms with Crippen molar-refractivity contribution in [2.75, 3.05) is 11.9 Å². The number of hydrogen-bond acceptors (Lipinski definition) is 2. The van der Waals surface area contributed by atoms with Crippen molar-refractivity contribution in [2.45, 2.75) is 13.8 Å². The van der Waals surface area contributed by atoms with Crippen molar-refractivity contribution in [3.05, 3.63) is 59.7 Å². The van der Waals surface area contributed by atoms with Gasteiger partial charge < -0.3 is 10.1 Å². The Balaban J connectivity index is 1.90. The maximum Gasteiger partial charge on any atom is 0.262 e. The molecule has 2 rings (SSSR count). The van der Waals surface area contributed by atoms with E-state index >= 15 is 0 Å². The van der Waals surface area contributed by atoms with E-state index in [0.29, 0.717) is 0 Å². The van der Waals surface area contributed by atoms with Gasteiger partial charge in [0.15, 0.2) is 6.61 Å². The van der Waals surface area contributed by atoms with Crippen molar-refractivity contribution in [1.29, 1.82) is 0 Å². The van der Waals surface area contributed by atoms with Crippen LogP contribution in [-0.4, -0.2) is 12.5 Å². The molecule has 0 aromatic heterocycles. The van der Waals surface area contributed by atoms with E-state index in [9.17, 15) is 4.79 Å². The molecule has 0 atom stereocenters. The lowest BCUT2D eigenvalue weighted by Gasteiger charge is -2.10. The fourth-order valence-electron chi connectivity index (χ4n) is 1.82. The Morgan fingerprint density at radius 3 is 2.53 bits per heavy atom. The number of benzene rings is 2. The van der Waals surface area contributed by atoms with E-state index in [1.165, 1.54) is 5.56 Å². The molecule has 0 saturated carbocycles. The van der Waals surface area contributed by atoms with Crippen LogP contribution in [0.4, 0.5) is 5.69 Å². The van der Waals surface area contributed by atoms with Gasteiger partial charge in [-0.15, -0.1) is 0 Å². The highest BCUT2D eigenvalue weighted by Gasteiger charge is 2.05. The van der Waals surface area contributed by atoms with Crippen LogP contribution in [0, 0.1) is 13.8 Å². The third-order valence-corrected chi connectivity index (χ3v) is 2.75. The monoisotopic (exact) mass is 255 g/mol. The molecule has 0 heterocycles. The van der Waals surface area contributed by atoms with Crippen molar-refractivity contribution >= 4 is 11.6 Å². The lowest BCUT2D eigenvalue weighted by molar-refractivity contribution is -0.118. The summed E-state index contributed by atoms with van der Waals surface area (Å²) in [6, 6.07) is 15.2. The first kappa shape index (κ1) is 13.1. The molecule has 1 amide bonds. The summed E-state index contributed by atoms with van der Waals surface area (Å²) in [5, 5.41) is 2.78. The summed E-state index contributed by atoms with van der Waals surface area (Å²) >= 11 is 0. The number of aryl methyl sites for hydroxylation is 2. The maximum absolute atomic E-state index is 11.7. The number of rotatable bonds is 4. The van der Waals surface area contributed by atoms with Crippen LogP contribution in [-0.2, 0) is 4.79 Å². The zero-order valence-corrected chi connectivity index (χ0v) is 11.1. The Bertz CT molecular complexity index is 564. The summed E-state index contributed by atoms with van der Waals surface area (Å²) < 4.78 is 5.51. The van der Waals surface area contributed by atoms with Gasteiger partial charge in [-0.05, 0) is 37.6 Å². The second-order valence-electron chi connectivity index (χ2n) is 4.47. The molecule has 0 aliphatic heterocycles. The Kier molecular flexibility index (Phi) is 4.18. The third kappa shape index (κ3) is 3.85. The molecule has 0 unspecified atom stereocenters. The summed E-state index contributed by atoms with van der Waals surface area (Å²) in [7, 11) is 0. The number of ether oxygens (including phenoxy) is 1. The minimum atomic E-state index is -0.161. The van der Waals surface area contributed by atoms with Crippen LogP contribution in [0.5, 0.6) is 5.75 Å². The molecular formula is C16H17NO2. The molecule has 0 radical (unpaired) electrons. The molecule has 0 fully saturated rings. The van der Waals surface area contributed by atoms with Gasteiger partial charge in [0.05, 0.1) is 0 Å². The quantitative estimate of drug-likeness (QED) is 0.910. The number of carbonyl (C=O) groups excluding carboxylic acids is 1. The smallest absolute Gasteiger partial charge is 0.262 e. The largest absolute Gasteiger partial charge is 0.483 e. The molecule has 1 N–H and O–H groups in total. The van der Waals surface area contributed by atoms with Crippen molar-refractivity contribution < 1.29 is 9.53 Å². The minimum Gasteiger partial charge on any atom is -0.483 e. The standard InChI is InChI=1S/C16H17NO2/c1-12-8-9-15(13(2)10-12)19-11-16(18)17-14-6-4-3-5-7-14/h3-10H,11H2,1-2H3,(H,17,18). The lowest BCUT2D eigenvalue weighted by Crippen LogP contribution is -2.20. The molecule has 3 nitrogen and oxygen atoms in total. The van der Waals surface area contributed by atoms with Crippen LogP contribution in [0.25, 0.3) is 0 Å². The topological polar surface area (TPSA) is 38.3 Å². The lowest BCUT2D eigenvalue weighted by atomic mass is 10.1. The van der Waals surface area contributed by atoms with Gasteiger partial charge in [-0.3, -0.25) is 4.79 Å². The van der Waals surface area contributed by atoms with Gasteiger partial charge in [0.2, 0.25) is 0 Å². The first-order chi connectivity index (χ1) is 9.15. The van der Waals surface area contributed by atoms with Gasteiger partial charge in [0, 0.05) is 5.69 Å². The molecule has 2 aromatic carbocycles. The number of hydrogen-bond donors (Lipinski definition) is 1. The molecule has 98 valence electrons. The average Bonchev–Trinajstić information content (AvgIpc) is 2.39. The molecule has 0 aliphatic carbocycles. The zero-order valence-electron chi connectivity index (χ0n) is 11.1. The summed E-state index contributed by atoms with van der Waals surface area (Å²) in [6.45, 7) is 4.01. The van der Waals surface area contributed by atoms with Gasteiger partial charge in [-0.25, -0.2) is 0 Å². The molecule has 19 heavy (non-hydrogen) atoms. The van der Waals surface area contributed by atoms with Crippen LogP contribution in [0.2, 0.25) is 0 Å². The first-order valence-corrected chi connectivity index (χ1v) is 6.20. The predicted molar refractivity (Wildman–Crippen MR) is 76.5 cm³/mol. The predicted octanol–water partition coefficient (Wildman–Crippen LogP) is 3.32. The highest BCUT2D eigenvalue weighted by molar-refractivity contribution is 5.91. The van der Waals surface area contributed by atoms with Crippen LogP contribution in [0.1, 0.15) is 11.1 Å². The molecule has 0 saturated heterocycles. The second kappa shape index (κ2) is 6.05. The van der Waals surface area contributed by atoms with Gasteiger partial charge in [0.25, 0.3) is 5.91 Å². The molecule has 0 spiro atoms.